The van der Waals surface area contributed by atoms with Gasteiger partial charge < -0.3 is 4.74 Å². The summed E-state index contributed by atoms with van der Waals surface area (Å²) in [5, 5.41) is 3.25. The number of nitrogens with zero attached hydrogens (tertiary/aromatic N) is 1. The van der Waals surface area contributed by atoms with E-state index in [0.29, 0.717) is 5.69 Å². The molecule has 6 heteroatoms. The Kier molecular flexibility index (Phi) is 4.54. The Morgan fingerprint density at radius 3 is 2.07 bits per heavy atom. The minimum absolute atomic E-state index is 0.297. The van der Waals surface area contributed by atoms with Crippen molar-refractivity contribution in [1.82, 2.24) is 5.32 Å². The van der Waals surface area contributed by atoms with Crippen LogP contribution in [-0.4, -0.2) is 30.4 Å². The minimum atomic E-state index is -1.29. The Labute approximate surface area is 169 Å². The molecule has 0 unspecified atom stereocenters. The summed E-state index contributed by atoms with van der Waals surface area (Å²) in [5.41, 5.74) is 2.22. The molecular weight excluding hydrogens is 368 g/mol. The zero-order chi connectivity index (χ0) is 20.9. The normalized spacial score (nSPS) is 28.6. The highest BCUT2D eigenvalue weighted by molar-refractivity contribution is 6.24. The summed E-state index contributed by atoms with van der Waals surface area (Å²) in [6, 6.07) is 14.6. The fourth-order valence-corrected chi connectivity index (χ4v) is 4.55. The van der Waals surface area contributed by atoms with Gasteiger partial charge in [-0.2, -0.15) is 0 Å². The molecule has 0 aromatic heterocycles. The predicted octanol–water partition coefficient (Wildman–Crippen LogP) is 2.69. The van der Waals surface area contributed by atoms with Gasteiger partial charge in [-0.1, -0.05) is 47.5 Å². The largest absolute Gasteiger partial charge is 0.468 e. The molecule has 29 heavy (non-hydrogen) atoms. The van der Waals surface area contributed by atoms with E-state index in [2.05, 4.69) is 5.32 Å². The van der Waals surface area contributed by atoms with E-state index in [4.69, 9.17) is 4.74 Å². The van der Waals surface area contributed by atoms with Crippen LogP contribution in [0.25, 0.3) is 0 Å². The molecule has 4 atom stereocenters. The summed E-state index contributed by atoms with van der Waals surface area (Å²) in [5.74, 6) is -2.74. The van der Waals surface area contributed by atoms with Gasteiger partial charge in [0.15, 0.2) is 0 Å². The molecule has 150 valence electrons. The predicted molar refractivity (Wildman–Crippen MR) is 108 cm³/mol. The number of carbonyl (C=O) groups excluding carboxylic acids is 3. The molecule has 2 amide bonds. The topological polar surface area (TPSA) is 75.7 Å². The summed E-state index contributed by atoms with van der Waals surface area (Å²) >= 11 is 0. The van der Waals surface area contributed by atoms with Crippen LogP contribution in [0, 0.1) is 25.7 Å². The van der Waals surface area contributed by atoms with Crippen LogP contribution in [0.4, 0.5) is 5.69 Å². The molecule has 2 aliphatic heterocycles. The van der Waals surface area contributed by atoms with Crippen LogP contribution in [0.5, 0.6) is 0 Å². The van der Waals surface area contributed by atoms with Crippen molar-refractivity contribution in [2.45, 2.75) is 32.4 Å². The molecular formula is C23H24N2O4. The lowest BCUT2D eigenvalue weighted by Crippen LogP contribution is -2.54. The average Bonchev–Trinajstić information content (AvgIpc) is 3.17. The first-order valence-corrected chi connectivity index (χ1v) is 9.65. The van der Waals surface area contributed by atoms with E-state index in [1.807, 2.05) is 50.2 Å². The molecule has 1 N–H and O–H groups in total. The number of benzene rings is 2. The maximum Gasteiger partial charge on any atom is 0.326 e. The summed E-state index contributed by atoms with van der Waals surface area (Å²) in [6.45, 7) is 5.57. The first-order chi connectivity index (χ1) is 13.8. The third-order valence-corrected chi connectivity index (χ3v) is 6.13. The van der Waals surface area contributed by atoms with E-state index in [0.717, 1.165) is 16.7 Å². The molecule has 0 aliphatic carbocycles. The number of amides is 2. The van der Waals surface area contributed by atoms with Gasteiger partial charge in [-0.3, -0.25) is 19.7 Å². The number of hydrogen-bond donors (Lipinski definition) is 1. The minimum Gasteiger partial charge on any atom is -0.468 e. The fourth-order valence-electron chi connectivity index (χ4n) is 4.55. The molecule has 0 spiro atoms. The van der Waals surface area contributed by atoms with Gasteiger partial charge in [0.25, 0.3) is 0 Å². The molecule has 2 aromatic rings. The third-order valence-electron chi connectivity index (χ3n) is 6.13. The monoisotopic (exact) mass is 392 g/mol. The van der Waals surface area contributed by atoms with Gasteiger partial charge in [0.05, 0.1) is 24.6 Å². The number of anilines is 1. The maximum absolute atomic E-state index is 13.4. The first kappa shape index (κ1) is 19.3. The molecule has 2 aliphatic rings. The van der Waals surface area contributed by atoms with Gasteiger partial charge in [0, 0.05) is 6.04 Å². The Morgan fingerprint density at radius 1 is 0.966 bits per heavy atom. The van der Waals surface area contributed by atoms with Crippen LogP contribution < -0.4 is 10.2 Å². The molecule has 2 aromatic carbocycles. The van der Waals surface area contributed by atoms with Gasteiger partial charge in [-0.25, -0.2) is 4.90 Å². The number of fused-ring (bicyclic) bond motifs is 1. The number of rotatable bonds is 3. The zero-order valence-electron chi connectivity index (χ0n) is 16.9. The standard InChI is InChI=1S/C23H24N2O4/c1-13-5-9-15(10-6-13)19-17-18(23(3,24-19)22(28)29-4)21(27)25(20(17)26)16-11-7-14(2)8-12-16/h5-12,17-19,24H,1-4H3/t17-,18+,19-,23+/m1/s1. The van der Waals surface area contributed by atoms with E-state index < -0.39 is 29.4 Å². The number of carbonyl (C=O) groups is 3. The molecule has 6 nitrogen and oxygen atoms in total. The van der Waals surface area contributed by atoms with Crippen LogP contribution in [0.2, 0.25) is 0 Å². The maximum atomic E-state index is 13.4. The second-order valence-corrected chi connectivity index (χ2v) is 8.08. The molecule has 2 heterocycles. The zero-order valence-corrected chi connectivity index (χ0v) is 16.9. The second-order valence-electron chi connectivity index (χ2n) is 8.08. The van der Waals surface area contributed by atoms with Crippen LogP contribution in [0.15, 0.2) is 48.5 Å². The van der Waals surface area contributed by atoms with Crippen LogP contribution in [-0.2, 0) is 19.1 Å². The summed E-state index contributed by atoms with van der Waals surface area (Å²) in [7, 11) is 1.29. The van der Waals surface area contributed by atoms with Gasteiger partial charge >= 0.3 is 5.97 Å². The van der Waals surface area contributed by atoms with Crippen LogP contribution in [0.3, 0.4) is 0 Å². The third kappa shape index (κ3) is 2.86. The summed E-state index contributed by atoms with van der Waals surface area (Å²) < 4.78 is 5.01. The average molecular weight is 392 g/mol. The van der Waals surface area contributed by atoms with Crippen molar-refractivity contribution in [3.8, 4) is 0 Å². The first-order valence-electron chi connectivity index (χ1n) is 9.65. The van der Waals surface area contributed by atoms with Crippen molar-refractivity contribution in [3.63, 3.8) is 0 Å². The van der Waals surface area contributed by atoms with Crippen molar-refractivity contribution in [2.24, 2.45) is 11.8 Å². The SMILES string of the molecule is COC(=O)[C@@]1(C)N[C@H](c2ccc(C)cc2)[C@@H]2C(=O)N(c3ccc(C)cc3)C(=O)[C@H]21. The Hall–Kier alpha value is -2.99. The van der Waals surface area contributed by atoms with Crippen molar-refractivity contribution in [1.29, 1.82) is 0 Å². The second kappa shape index (κ2) is 6.81. The van der Waals surface area contributed by atoms with Crippen molar-refractivity contribution in [3.05, 3.63) is 65.2 Å². The lowest BCUT2D eigenvalue weighted by atomic mass is 9.80. The Bertz CT molecular complexity index is 983. The number of imide groups is 1. The quantitative estimate of drug-likeness (QED) is 0.642. The van der Waals surface area contributed by atoms with E-state index in [1.54, 1.807) is 19.1 Å². The van der Waals surface area contributed by atoms with E-state index >= 15 is 0 Å². The van der Waals surface area contributed by atoms with Gasteiger partial charge in [0.2, 0.25) is 11.8 Å². The molecule has 2 fully saturated rings. The van der Waals surface area contributed by atoms with Crippen LogP contribution >= 0.6 is 0 Å². The highest BCUT2D eigenvalue weighted by atomic mass is 16.5. The van der Waals surface area contributed by atoms with Gasteiger partial charge in [0.1, 0.15) is 5.54 Å². The highest BCUT2D eigenvalue weighted by Gasteiger charge is 2.67. The number of ether oxygens (including phenoxy) is 1. The lowest BCUT2D eigenvalue weighted by molar-refractivity contribution is -0.151. The van der Waals surface area contributed by atoms with Crippen molar-refractivity contribution >= 4 is 23.5 Å². The lowest BCUT2D eigenvalue weighted by Gasteiger charge is -2.28. The van der Waals surface area contributed by atoms with Gasteiger partial charge in [-0.05, 0) is 38.5 Å². The molecule has 0 saturated carbocycles. The van der Waals surface area contributed by atoms with Crippen LogP contribution in [0.1, 0.15) is 29.7 Å². The Morgan fingerprint density at radius 2 is 1.52 bits per heavy atom. The Balaban J connectivity index is 1.81. The number of hydrogen-bond acceptors (Lipinski definition) is 5. The van der Waals surface area contributed by atoms with Crippen molar-refractivity contribution < 1.29 is 19.1 Å². The fraction of sp³-hybridized carbons (Fsp3) is 0.348. The molecule has 4 rings (SSSR count). The molecule has 0 radical (unpaired) electrons. The number of methoxy groups -OCH3 is 1. The van der Waals surface area contributed by atoms with Gasteiger partial charge in [-0.15, -0.1) is 0 Å². The molecule has 0 bridgehead atoms. The van der Waals surface area contributed by atoms with E-state index in [-0.39, 0.29) is 11.8 Å². The van der Waals surface area contributed by atoms with Crippen molar-refractivity contribution in [2.75, 3.05) is 12.0 Å². The molecule has 2 saturated heterocycles. The van der Waals surface area contributed by atoms with E-state index in [1.165, 1.54) is 12.0 Å². The van der Waals surface area contributed by atoms with E-state index in [9.17, 15) is 14.4 Å². The summed E-state index contributed by atoms with van der Waals surface area (Å²) in [6.07, 6.45) is 0. The highest BCUT2D eigenvalue weighted by Crippen LogP contribution is 2.49. The smallest absolute Gasteiger partial charge is 0.326 e. The number of nitrogens with one attached hydrogen (secondary N) is 1. The number of aryl methyl sites for hydroxylation is 2. The summed E-state index contributed by atoms with van der Waals surface area (Å²) in [4.78, 5) is 40.8. The number of esters is 1.